The average molecular weight is 168 g/mol. The van der Waals surface area contributed by atoms with Crippen molar-refractivity contribution in [3.8, 4) is 0 Å². The molecule has 1 aromatic rings. The molecule has 0 aliphatic heterocycles. The zero-order chi connectivity index (χ0) is 9.14. The third kappa shape index (κ3) is 2.22. The van der Waals surface area contributed by atoms with Crippen LogP contribution in [0.25, 0.3) is 0 Å². The molecule has 0 aliphatic carbocycles. The standard InChI is InChI=1S/C8H16N4/c1-6(2)5-9-8-10-7(3)12(4)11-8/h6H,5H2,1-4H3,(H,9,11). The molecule has 0 radical (unpaired) electrons. The Labute approximate surface area is 73.0 Å². The maximum absolute atomic E-state index is 4.22. The zero-order valence-electron chi connectivity index (χ0n) is 8.13. The van der Waals surface area contributed by atoms with Crippen molar-refractivity contribution in [2.24, 2.45) is 13.0 Å². The fourth-order valence-corrected chi connectivity index (χ4v) is 0.833. The van der Waals surface area contributed by atoms with E-state index in [1.165, 1.54) is 0 Å². The van der Waals surface area contributed by atoms with Crippen molar-refractivity contribution in [1.29, 1.82) is 0 Å². The van der Waals surface area contributed by atoms with E-state index in [1.54, 1.807) is 4.68 Å². The van der Waals surface area contributed by atoms with Crippen molar-refractivity contribution in [3.63, 3.8) is 0 Å². The number of aromatic nitrogens is 3. The monoisotopic (exact) mass is 168 g/mol. The van der Waals surface area contributed by atoms with Crippen LogP contribution in [-0.4, -0.2) is 21.3 Å². The molecule has 1 rings (SSSR count). The van der Waals surface area contributed by atoms with Crippen molar-refractivity contribution >= 4 is 5.95 Å². The molecule has 0 fully saturated rings. The summed E-state index contributed by atoms with van der Waals surface area (Å²) < 4.78 is 1.77. The van der Waals surface area contributed by atoms with E-state index in [0.717, 1.165) is 18.3 Å². The number of hydrogen-bond donors (Lipinski definition) is 1. The molecule has 0 aliphatic rings. The second-order valence-corrected chi connectivity index (χ2v) is 3.38. The Morgan fingerprint density at radius 2 is 2.17 bits per heavy atom. The molecule has 4 nitrogen and oxygen atoms in total. The molecule has 0 atom stereocenters. The molecule has 4 heteroatoms. The van der Waals surface area contributed by atoms with Gasteiger partial charge in [0, 0.05) is 13.6 Å². The van der Waals surface area contributed by atoms with Crippen LogP contribution in [0.5, 0.6) is 0 Å². The summed E-state index contributed by atoms with van der Waals surface area (Å²) in [6.45, 7) is 7.17. The van der Waals surface area contributed by atoms with Gasteiger partial charge in [-0.1, -0.05) is 13.8 Å². The number of anilines is 1. The van der Waals surface area contributed by atoms with E-state index >= 15 is 0 Å². The molecule has 0 aromatic carbocycles. The molecule has 1 aromatic heterocycles. The number of aryl methyl sites for hydroxylation is 2. The molecular weight excluding hydrogens is 152 g/mol. The third-order valence-electron chi connectivity index (χ3n) is 1.65. The largest absolute Gasteiger partial charge is 0.353 e. The lowest BCUT2D eigenvalue weighted by Gasteiger charge is -2.03. The Kier molecular flexibility index (Phi) is 2.68. The first kappa shape index (κ1) is 9.03. The van der Waals surface area contributed by atoms with Crippen LogP contribution >= 0.6 is 0 Å². The fraction of sp³-hybridized carbons (Fsp3) is 0.750. The predicted octanol–water partition coefficient (Wildman–Crippen LogP) is 1.19. The Bertz CT molecular complexity index is 232. The van der Waals surface area contributed by atoms with Gasteiger partial charge in [0.2, 0.25) is 5.95 Å². The average Bonchev–Trinajstić information content (AvgIpc) is 2.28. The van der Waals surface area contributed by atoms with Crippen LogP contribution in [0.2, 0.25) is 0 Å². The molecule has 68 valence electrons. The van der Waals surface area contributed by atoms with E-state index < -0.39 is 0 Å². The van der Waals surface area contributed by atoms with Crippen LogP contribution in [0, 0.1) is 12.8 Å². The summed E-state index contributed by atoms with van der Waals surface area (Å²) in [7, 11) is 1.89. The molecule has 12 heavy (non-hydrogen) atoms. The minimum atomic E-state index is 0.620. The first-order valence-electron chi connectivity index (χ1n) is 4.21. The topological polar surface area (TPSA) is 42.7 Å². The minimum Gasteiger partial charge on any atom is -0.353 e. The summed E-state index contributed by atoms with van der Waals surface area (Å²) in [5, 5.41) is 7.34. The normalized spacial score (nSPS) is 10.8. The highest BCUT2D eigenvalue weighted by atomic mass is 15.4. The highest BCUT2D eigenvalue weighted by Crippen LogP contribution is 2.01. The van der Waals surface area contributed by atoms with Gasteiger partial charge < -0.3 is 5.32 Å². The van der Waals surface area contributed by atoms with Gasteiger partial charge in [-0.15, -0.1) is 5.10 Å². The third-order valence-corrected chi connectivity index (χ3v) is 1.65. The van der Waals surface area contributed by atoms with E-state index in [4.69, 9.17) is 0 Å². The predicted molar refractivity (Wildman–Crippen MR) is 49.1 cm³/mol. The van der Waals surface area contributed by atoms with Crippen molar-refractivity contribution in [2.75, 3.05) is 11.9 Å². The summed E-state index contributed by atoms with van der Waals surface area (Å²) in [6, 6.07) is 0. The summed E-state index contributed by atoms with van der Waals surface area (Å²) in [5.41, 5.74) is 0. The van der Waals surface area contributed by atoms with E-state index in [2.05, 4.69) is 29.2 Å². The van der Waals surface area contributed by atoms with Crippen molar-refractivity contribution < 1.29 is 0 Å². The number of rotatable bonds is 3. The maximum Gasteiger partial charge on any atom is 0.242 e. The Balaban J connectivity index is 2.53. The van der Waals surface area contributed by atoms with Gasteiger partial charge in [-0.3, -0.25) is 4.68 Å². The summed E-state index contributed by atoms with van der Waals surface area (Å²) >= 11 is 0. The summed E-state index contributed by atoms with van der Waals surface area (Å²) in [4.78, 5) is 4.22. The van der Waals surface area contributed by atoms with Gasteiger partial charge in [-0.2, -0.15) is 4.98 Å². The lowest BCUT2D eigenvalue weighted by atomic mass is 10.2. The van der Waals surface area contributed by atoms with Crippen LogP contribution in [0.1, 0.15) is 19.7 Å². The van der Waals surface area contributed by atoms with Gasteiger partial charge in [-0.25, -0.2) is 0 Å². The van der Waals surface area contributed by atoms with Crippen molar-refractivity contribution in [3.05, 3.63) is 5.82 Å². The lowest BCUT2D eigenvalue weighted by Crippen LogP contribution is -2.09. The first-order valence-corrected chi connectivity index (χ1v) is 4.21. The molecule has 0 amide bonds. The molecule has 0 unspecified atom stereocenters. The van der Waals surface area contributed by atoms with Gasteiger partial charge in [0.25, 0.3) is 0 Å². The molecule has 1 N–H and O–H groups in total. The lowest BCUT2D eigenvalue weighted by molar-refractivity contribution is 0.681. The van der Waals surface area contributed by atoms with E-state index in [-0.39, 0.29) is 0 Å². The van der Waals surface area contributed by atoms with Crippen LogP contribution in [-0.2, 0) is 7.05 Å². The van der Waals surface area contributed by atoms with Crippen LogP contribution in [0.4, 0.5) is 5.95 Å². The van der Waals surface area contributed by atoms with E-state index in [1.807, 2.05) is 14.0 Å². The molecule has 1 heterocycles. The Hall–Kier alpha value is -1.06. The summed E-state index contributed by atoms with van der Waals surface area (Å²) in [6.07, 6.45) is 0. The second kappa shape index (κ2) is 3.56. The quantitative estimate of drug-likeness (QED) is 0.737. The van der Waals surface area contributed by atoms with E-state index in [0.29, 0.717) is 5.92 Å². The van der Waals surface area contributed by atoms with Crippen LogP contribution in [0.15, 0.2) is 0 Å². The number of nitrogens with one attached hydrogen (secondary N) is 1. The van der Waals surface area contributed by atoms with E-state index in [9.17, 15) is 0 Å². The van der Waals surface area contributed by atoms with Gasteiger partial charge >= 0.3 is 0 Å². The Morgan fingerprint density at radius 1 is 1.50 bits per heavy atom. The Morgan fingerprint density at radius 3 is 2.58 bits per heavy atom. The molecule has 0 bridgehead atoms. The zero-order valence-corrected chi connectivity index (χ0v) is 8.13. The fourth-order valence-electron chi connectivity index (χ4n) is 0.833. The van der Waals surface area contributed by atoms with Crippen LogP contribution in [0.3, 0.4) is 0 Å². The summed E-state index contributed by atoms with van der Waals surface area (Å²) in [5.74, 6) is 2.28. The highest BCUT2D eigenvalue weighted by molar-refractivity contribution is 5.22. The van der Waals surface area contributed by atoms with Gasteiger partial charge in [0.15, 0.2) is 0 Å². The number of hydrogen-bond acceptors (Lipinski definition) is 3. The molecule has 0 spiro atoms. The smallest absolute Gasteiger partial charge is 0.242 e. The van der Waals surface area contributed by atoms with Gasteiger partial charge in [0.1, 0.15) is 5.82 Å². The SMILES string of the molecule is Cc1nc(NCC(C)C)nn1C. The maximum atomic E-state index is 4.22. The van der Waals surface area contributed by atoms with Gasteiger partial charge in [0.05, 0.1) is 0 Å². The van der Waals surface area contributed by atoms with Crippen molar-refractivity contribution in [2.45, 2.75) is 20.8 Å². The molecule has 0 saturated carbocycles. The molecular formula is C8H16N4. The van der Waals surface area contributed by atoms with Crippen LogP contribution < -0.4 is 5.32 Å². The first-order chi connectivity index (χ1) is 5.59. The minimum absolute atomic E-state index is 0.620. The van der Waals surface area contributed by atoms with Crippen molar-refractivity contribution in [1.82, 2.24) is 14.8 Å². The second-order valence-electron chi connectivity index (χ2n) is 3.38. The highest BCUT2D eigenvalue weighted by Gasteiger charge is 2.01. The molecule has 0 saturated heterocycles. The van der Waals surface area contributed by atoms with Gasteiger partial charge in [-0.05, 0) is 12.8 Å². The number of nitrogens with zero attached hydrogens (tertiary/aromatic N) is 3.